The van der Waals surface area contributed by atoms with Gasteiger partial charge in [-0.1, -0.05) is 233 Å². The van der Waals surface area contributed by atoms with Gasteiger partial charge in [0.1, 0.15) is 0 Å². The van der Waals surface area contributed by atoms with Crippen LogP contribution in [0.1, 0.15) is 219 Å². The monoisotopic (exact) mass is 507 g/mol. The molecule has 0 saturated heterocycles. The summed E-state index contributed by atoms with van der Waals surface area (Å²) in [5, 5.41) is 0. The van der Waals surface area contributed by atoms with Gasteiger partial charge in [0.15, 0.2) is 0 Å². The van der Waals surface area contributed by atoms with Crippen molar-refractivity contribution < 1.29 is 0 Å². The van der Waals surface area contributed by atoms with Crippen LogP contribution in [0.5, 0.6) is 0 Å². The zero-order valence-corrected chi connectivity index (χ0v) is 26.0. The number of unbranched alkanes of at least 4 members (excludes halogenated alkanes) is 30. The van der Waals surface area contributed by atoms with Crippen LogP contribution in [-0.2, 0) is 0 Å². The van der Waals surface area contributed by atoms with E-state index >= 15 is 0 Å². The summed E-state index contributed by atoms with van der Waals surface area (Å²) in [5.41, 5.74) is 0. The lowest BCUT2D eigenvalue weighted by Gasteiger charge is -2.03. The van der Waals surface area contributed by atoms with E-state index in [-0.39, 0.29) is 0 Å². The van der Waals surface area contributed by atoms with Crippen molar-refractivity contribution in [1.29, 1.82) is 0 Å². The summed E-state index contributed by atoms with van der Waals surface area (Å²) in [6, 6.07) is 0. The third-order valence-electron chi connectivity index (χ3n) is 7.71. The fraction of sp³-hybridized carbons (Fsp3) is 0.944. The topological polar surface area (TPSA) is 0 Å². The molecule has 0 aromatic rings. The molecule has 0 aliphatic heterocycles. The quantitative estimate of drug-likeness (QED) is 0.0849. The summed E-state index contributed by atoms with van der Waals surface area (Å²) in [7, 11) is 0. The van der Waals surface area contributed by atoms with Gasteiger partial charge in [-0.05, 0) is 0 Å². The van der Waals surface area contributed by atoms with Gasteiger partial charge in [0.05, 0.1) is 0 Å². The molecular weight excluding hydrogens is 432 g/mol. The molecule has 0 amide bonds. The molecule has 0 aromatic carbocycles. The van der Waals surface area contributed by atoms with Crippen molar-refractivity contribution in [2.45, 2.75) is 219 Å². The highest BCUT2D eigenvalue weighted by molar-refractivity contribution is 4.51. The lowest BCUT2D eigenvalue weighted by Crippen LogP contribution is -1.83. The molecule has 0 rings (SSSR count). The zero-order valence-electron chi connectivity index (χ0n) is 26.0. The van der Waals surface area contributed by atoms with Crippen molar-refractivity contribution in [1.82, 2.24) is 0 Å². The largest absolute Gasteiger partial charge is 0.0654 e. The fourth-order valence-electron chi connectivity index (χ4n) is 5.10. The molecule has 0 nitrogen and oxygen atoms in total. The lowest BCUT2D eigenvalue weighted by atomic mass is 10.0. The van der Waals surface area contributed by atoms with Crippen LogP contribution in [0.3, 0.4) is 0 Å². The molecule has 0 spiro atoms. The summed E-state index contributed by atoms with van der Waals surface area (Å²) in [4.78, 5) is 0. The predicted octanol–water partition coefficient (Wildman–Crippen LogP) is 14.2. The average molecular weight is 507 g/mol. The summed E-state index contributed by atoms with van der Waals surface area (Å²) >= 11 is 0. The molecule has 0 unspecified atom stereocenters. The molecule has 2 radical (unpaired) electrons. The Labute approximate surface area is 233 Å². The second kappa shape index (κ2) is 39.5. The molecule has 0 aliphatic rings. The Morgan fingerprint density at radius 2 is 0.361 bits per heavy atom. The molecule has 0 saturated carbocycles. The van der Waals surface area contributed by atoms with Crippen LogP contribution in [0, 0.1) is 13.8 Å². The molecule has 0 bridgehead atoms. The highest BCUT2D eigenvalue weighted by Gasteiger charge is 1.95. The standard InChI is InChI=1S/2C18H37/c2*1-3-5-7-9-11-13-15-17-18-16-14-12-10-8-6-4-2/h2*1,3-18H2,2H3. The summed E-state index contributed by atoms with van der Waals surface area (Å²) in [5.74, 6) is 0. The second-order valence-electron chi connectivity index (χ2n) is 11.6. The van der Waals surface area contributed by atoms with Crippen LogP contribution in [0.4, 0.5) is 0 Å². The predicted molar refractivity (Wildman–Crippen MR) is 170 cm³/mol. The van der Waals surface area contributed by atoms with E-state index in [0.29, 0.717) is 0 Å². The Morgan fingerprint density at radius 1 is 0.222 bits per heavy atom. The SMILES string of the molecule is [CH2]CCCCCCCCCCCCCCCCC.[CH2]CCCCCCCCCCCCCCCCC. The van der Waals surface area contributed by atoms with E-state index in [0.717, 1.165) is 12.8 Å². The maximum atomic E-state index is 3.88. The smallest absolute Gasteiger partial charge is 0.0533 e. The zero-order chi connectivity index (χ0) is 26.6. The van der Waals surface area contributed by atoms with Crippen LogP contribution >= 0.6 is 0 Å². The number of hydrogen-bond donors (Lipinski definition) is 0. The highest BCUT2D eigenvalue weighted by atomic mass is 14.0. The molecule has 0 aromatic heterocycles. The third kappa shape index (κ3) is 41.1. The normalized spacial score (nSPS) is 11.0. The van der Waals surface area contributed by atoms with Crippen LogP contribution in [0.25, 0.3) is 0 Å². The van der Waals surface area contributed by atoms with Gasteiger partial charge in [-0.3, -0.25) is 0 Å². The minimum Gasteiger partial charge on any atom is -0.0654 e. The Hall–Kier alpha value is 0. The van der Waals surface area contributed by atoms with Gasteiger partial charge in [-0.2, -0.15) is 0 Å². The summed E-state index contributed by atoms with van der Waals surface area (Å²) in [6.07, 6.45) is 45.6. The van der Waals surface area contributed by atoms with E-state index in [4.69, 9.17) is 0 Å². The van der Waals surface area contributed by atoms with Gasteiger partial charge in [0.2, 0.25) is 0 Å². The number of hydrogen-bond acceptors (Lipinski definition) is 0. The lowest BCUT2D eigenvalue weighted by molar-refractivity contribution is 0.533. The Balaban J connectivity index is 0. The summed E-state index contributed by atoms with van der Waals surface area (Å²) in [6.45, 7) is 12.4. The maximum absolute atomic E-state index is 3.88. The van der Waals surface area contributed by atoms with Crippen molar-refractivity contribution in [2.75, 3.05) is 0 Å². The van der Waals surface area contributed by atoms with E-state index in [1.54, 1.807) is 0 Å². The van der Waals surface area contributed by atoms with Gasteiger partial charge >= 0.3 is 0 Å². The minimum absolute atomic E-state index is 1.12. The number of rotatable bonds is 30. The van der Waals surface area contributed by atoms with E-state index in [9.17, 15) is 0 Å². The Kier molecular flexibility index (Phi) is 41.9. The Bertz CT molecular complexity index is 256. The molecule has 0 fully saturated rings. The average Bonchev–Trinajstić information content (AvgIpc) is 2.89. The van der Waals surface area contributed by atoms with Crippen molar-refractivity contribution in [3.05, 3.63) is 13.8 Å². The molecule has 0 heteroatoms. The van der Waals surface area contributed by atoms with Gasteiger partial charge in [-0.15, -0.1) is 0 Å². The first kappa shape index (κ1) is 38.1. The molecule has 36 heavy (non-hydrogen) atoms. The first-order valence-electron chi connectivity index (χ1n) is 17.4. The van der Waals surface area contributed by atoms with Crippen LogP contribution in [0.15, 0.2) is 0 Å². The molecular formula is C36H74. The minimum atomic E-state index is 1.12. The molecule has 0 N–H and O–H groups in total. The Morgan fingerprint density at radius 3 is 0.500 bits per heavy atom. The van der Waals surface area contributed by atoms with Gasteiger partial charge in [-0.25, -0.2) is 0 Å². The van der Waals surface area contributed by atoms with E-state index in [2.05, 4.69) is 27.7 Å². The second-order valence-corrected chi connectivity index (χ2v) is 11.6. The van der Waals surface area contributed by atoms with Crippen molar-refractivity contribution in [3.8, 4) is 0 Å². The van der Waals surface area contributed by atoms with Crippen molar-refractivity contribution in [3.63, 3.8) is 0 Å². The first-order valence-corrected chi connectivity index (χ1v) is 17.4. The molecule has 218 valence electrons. The van der Waals surface area contributed by atoms with Gasteiger partial charge < -0.3 is 0 Å². The summed E-state index contributed by atoms with van der Waals surface area (Å²) < 4.78 is 0. The van der Waals surface area contributed by atoms with Crippen LogP contribution < -0.4 is 0 Å². The van der Waals surface area contributed by atoms with E-state index < -0.39 is 0 Å². The van der Waals surface area contributed by atoms with Crippen molar-refractivity contribution in [2.24, 2.45) is 0 Å². The molecule has 0 heterocycles. The van der Waals surface area contributed by atoms with Crippen LogP contribution in [0.2, 0.25) is 0 Å². The van der Waals surface area contributed by atoms with Gasteiger partial charge in [0, 0.05) is 0 Å². The van der Waals surface area contributed by atoms with E-state index in [1.807, 2.05) is 0 Å². The molecule has 0 aliphatic carbocycles. The fourth-order valence-corrected chi connectivity index (χ4v) is 5.10. The van der Waals surface area contributed by atoms with E-state index in [1.165, 1.54) is 193 Å². The third-order valence-corrected chi connectivity index (χ3v) is 7.71. The first-order chi connectivity index (χ1) is 17.8. The maximum Gasteiger partial charge on any atom is -0.0533 e. The van der Waals surface area contributed by atoms with Crippen molar-refractivity contribution >= 4 is 0 Å². The highest BCUT2D eigenvalue weighted by Crippen LogP contribution is 2.14. The van der Waals surface area contributed by atoms with Gasteiger partial charge in [0.25, 0.3) is 0 Å². The molecule has 0 atom stereocenters. The van der Waals surface area contributed by atoms with Crippen LogP contribution in [-0.4, -0.2) is 0 Å².